The zero-order chi connectivity index (χ0) is 18.2. The van der Waals surface area contributed by atoms with Crippen LogP contribution in [0, 0.1) is 0 Å². The summed E-state index contributed by atoms with van der Waals surface area (Å²) in [5.41, 5.74) is -0.555. The molecule has 0 fully saturated rings. The van der Waals surface area contributed by atoms with Crippen molar-refractivity contribution in [1.82, 2.24) is 10.6 Å². The number of nitrogens with one attached hydrogen (secondary N) is 2. The summed E-state index contributed by atoms with van der Waals surface area (Å²) >= 11 is 0. The average molecular weight is 334 g/mol. The Morgan fingerprint density at radius 1 is 1.08 bits per heavy atom. The highest BCUT2D eigenvalue weighted by Crippen LogP contribution is 2.23. The third-order valence-electron chi connectivity index (χ3n) is 3.78. The van der Waals surface area contributed by atoms with E-state index in [1.54, 1.807) is 31.2 Å². The number of carbonyl (C=O) groups excluding carboxylic acids is 2. The van der Waals surface area contributed by atoms with Gasteiger partial charge in [0.15, 0.2) is 0 Å². The van der Waals surface area contributed by atoms with E-state index in [1.807, 2.05) is 19.9 Å². The fraction of sp³-hybridized carbons (Fsp3) is 0.500. The number of carboxylic acid groups (broad SMARTS) is 1. The Morgan fingerprint density at radius 3 is 2.21 bits per heavy atom. The van der Waals surface area contributed by atoms with E-state index >= 15 is 0 Å². The van der Waals surface area contributed by atoms with Crippen molar-refractivity contribution in [3.63, 3.8) is 0 Å². The van der Waals surface area contributed by atoms with E-state index in [0.717, 1.165) is 0 Å². The van der Waals surface area contributed by atoms with Gasteiger partial charge in [-0.2, -0.15) is 0 Å². The van der Waals surface area contributed by atoms with Gasteiger partial charge in [0.1, 0.15) is 5.41 Å². The quantitative estimate of drug-likeness (QED) is 0.642. The largest absolute Gasteiger partial charge is 0.481 e. The number of carboxylic acids is 1. The minimum atomic E-state index is -1.19. The lowest BCUT2D eigenvalue weighted by Gasteiger charge is -2.25. The van der Waals surface area contributed by atoms with E-state index in [2.05, 4.69) is 10.6 Å². The Kier molecular flexibility index (Phi) is 7.42. The maximum atomic E-state index is 11.9. The fourth-order valence-corrected chi connectivity index (χ4v) is 2.27. The summed E-state index contributed by atoms with van der Waals surface area (Å²) in [4.78, 5) is 35.1. The Bertz CT molecular complexity index is 572. The molecular weight excluding hydrogens is 308 g/mol. The second kappa shape index (κ2) is 9.05. The van der Waals surface area contributed by atoms with Crippen molar-refractivity contribution in [2.45, 2.75) is 51.5 Å². The van der Waals surface area contributed by atoms with E-state index in [1.165, 1.54) is 0 Å². The number of benzene rings is 1. The summed E-state index contributed by atoms with van der Waals surface area (Å²) in [5, 5.41) is 15.0. The molecule has 1 rings (SSSR count). The van der Waals surface area contributed by atoms with Gasteiger partial charge < -0.3 is 15.7 Å². The van der Waals surface area contributed by atoms with E-state index < -0.39 is 11.4 Å². The molecule has 132 valence electrons. The monoisotopic (exact) mass is 334 g/mol. The van der Waals surface area contributed by atoms with Crippen molar-refractivity contribution in [3.8, 4) is 0 Å². The minimum Gasteiger partial charge on any atom is -0.481 e. The van der Waals surface area contributed by atoms with Gasteiger partial charge in [-0.25, -0.2) is 0 Å². The summed E-state index contributed by atoms with van der Waals surface area (Å²) in [6, 6.07) is 8.89. The summed E-state index contributed by atoms with van der Waals surface area (Å²) < 4.78 is 0. The number of rotatable bonds is 9. The number of hydrogen-bond donors (Lipinski definition) is 3. The van der Waals surface area contributed by atoms with Crippen LogP contribution in [0.15, 0.2) is 30.3 Å². The zero-order valence-corrected chi connectivity index (χ0v) is 14.5. The number of aliphatic carboxylic acids is 1. The lowest BCUT2D eigenvalue weighted by atomic mass is 9.82. The third-order valence-corrected chi connectivity index (χ3v) is 3.78. The molecule has 6 nitrogen and oxygen atoms in total. The second-order valence-electron chi connectivity index (χ2n) is 6.36. The Balaban J connectivity index is 2.49. The summed E-state index contributed by atoms with van der Waals surface area (Å²) in [5.74, 6) is -1.33. The lowest BCUT2D eigenvalue weighted by Crippen LogP contribution is -2.44. The minimum absolute atomic E-state index is 0.00334. The van der Waals surface area contributed by atoms with Crippen molar-refractivity contribution in [1.29, 1.82) is 0 Å². The molecule has 0 aliphatic heterocycles. The Labute approximate surface area is 142 Å². The van der Waals surface area contributed by atoms with Crippen molar-refractivity contribution in [2.75, 3.05) is 6.54 Å². The van der Waals surface area contributed by atoms with Gasteiger partial charge in [-0.05, 0) is 32.8 Å². The maximum absolute atomic E-state index is 11.9. The highest BCUT2D eigenvalue weighted by atomic mass is 16.4. The number of amides is 2. The first-order chi connectivity index (χ1) is 11.3. The van der Waals surface area contributed by atoms with Gasteiger partial charge in [-0.3, -0.25) is 14.4 Å². The van der Waals surface area contributed by atoms with Crippen molar-refractivity contribution >= 4 is 17.8 Å². The number of carbonyl (C=O) groups is 3. The van der Waals surface area contributed by atoms with E-state index in [9.17, 15) is 19.5 Å². The van der Waals surface area contributed by atoms with Gasteiger partial charge in [0.2, 0.25) is 11.8 Å². The second-order valence-corrected chi connectivity index (χ2v) is 6.36. The average Bonchev–Trinajstić information content (AvgIpc) is 2.52. The predicted molar refractivity (Wildman–Crippen MR) is 91.6 cm³/mol. The topological polar surface area (TPSA) is 95.5 Å². The molecule has 0 aliphatic rings. The molecule has 0 bridgehead atoms. The van der Waals surface area contributed by atoms with Crippen molar-refractivity contribution in [2.24, 2.45) is 0 Å². The van der Waals surface area contributed by atoms with Crippen LogP contribution in [0.2, 0.25) is 0 Å². The summed E-state index contributed by atoms with van der Waals surface area (Å²) in [6.07, 6.45) is 0.899. The number of hydrogen-bond acceptors (Lipinski definition) is 3. The molecule has 0 saturated carbocycles. The zero-order valence-electron chi connectivity index (χ0n) is 14.5. The summed E-state index contributed by atoms with van der Waals surface area (Å²) in [6.45, 7) is 5.34. The van der Waals surface area contributed by atoms with Gasteiger partial charge in [0.25, 0.3) is 0 Å². The lowest BCUT2D eigenvalue weighted by molar-refractivity contribution is -0.143. The molecule has 0 heterocycles. The molecule has 1 atom stereocenters. The van der Waals surface area contributed by atoms with E-state index in [4.69, 9.17) is 0 Å². The molecule has 6 heteroatoms. The predicted octanol–water partition coefficient (Wildman–Crippen LogP) is 1.84. The third kappa shape index (κ3) is 6.02. The van der Waals surface area contributed by atoms with E-state index in [0.29, 0.717) is 12.0 Å². The van der Waals surface area contributed by atoms with Crippen molar-refractivity contribution in [3.05, 3.63) is 35.9 Å². The maximum Gasteiger partial charge on any atom is 0.315 e. The van der Waals surface area contributed by atoms with Crippen LogP contribution in [-0.4, -0.2) is 35.5 Å². The standard InChI is InChI=1S/C18H26N2O4/c1-13(2)20-16(22)11-7-10-15(21)19-12-18(3,17(23)24)14-8-5-4-6-9-14/h4-6,8-9,13H,7,10-12H2,1-3H3,(H,19,21)(H,20,22)(H,23,24). The van der Waals surface area contributed by atoms with Gasteiger partial charge in [-0.15, -0.1) is 0 Å². The molecule has 0 spiro atoms. The van der Waals surface area contributed by atoms with E-state index in [-0.39, 0.29) is 37.2 Å². The molecule has 2 amide bonds. The smallest absolute Gasteiger partial charge is 0.315 e. The normalized spacial score (nSPS) is 13.2. The van der Waals surface area contributed by atoms with Crippen LogP contribution in [0.4, 0.5) is 0 Å². The van der Waals surface area contributed by atoms with Crippen LogP contribution in [0.1, 0.15) is 45.6 Å². The molecule has 0 aromatic heterocycles. The highest BCUT2D eigenvalue weighted by molar-refractivity contribution is 5.83. The molecule has 1 unspecified atom stereocenters. The van der Waals surface area contributed by atoms with Gasteiger partial charge in [0, 0.05) is 25.4 Å². The van der Waals surface area contributed by atoms with Crippen LogP contribution in [0.3, 0.4) is 0 Å². The Morgan fingerprint density at radius 2 is 1.67 bits per heavy atom. The molecule has 1 aromatic rings. The molecular formula is C18H26N2O4. The van der Waals surface area contributed by atoms with Crippen LogP contribution in [0.5, 0.6) is 0 Å². The first-order valence-corrected chi connectivity index (χ1v) is 8.10. The first kappa shape index (κ1) is 19.7. The van der Waals surface area contributed by atoms with Gasteiger partial charge in [0.05, 0.1) is 0 Å². The first-order valence-electron chi connectivity index (χ1n) is 8.10. The van der Waals surface area contributed by atoms with Crippen LogP contribution < -0.4 is 10.6 Å². The van der Waals surface area contributed by atoms with Crippen molar-refractivity contribution < 1.29 is 19.5 Å². The molecule has 0 saturated heterocycles. The van der Waals surface area contributed by atoms with Gasteiger partial charge >= 0.3 is 5.97 Å². The Hall–Kier alpha value is -2.37. The fourth-order valence-electron chi connectivity index (χ4n) is 2.27. The molecule has 0 aliphatic carbocycles. The van der Waals surface area contributed by atoms with Gasteiger partial charge in [-0.1, -0.05) is 30.3 Å². The van der Waals surface area contributed by atoms with Crippen LogP contribution in [0.25, 0.3) is 0 Å². The SMILES string of the molecule is CC(C)NC(=O)CCCC(=O)NCC(C)(C(=O)O)c1ccccc1. The highest BCUT2D eigenvalue weighted by Gasteiger charge is 2.35. The molecule has 1 aromatic carbocycles. The molecule has 0 radical (unpaired) electrons. The van der Waals surface area contributed by atoms with Crippen LogP contribution >= 0.6 is 0 Å². The summed E-state index contributed by atoms with van der Waals surface area (Å²) in [7, 11) is 0. The molecule has 24 heavy (non-hydrogen) atoms. The molecule has 3 N–H and O–H groups in total. The van der Waals surface area contributed by atoms with Crippen LogP contribution in [-0.2, 0) is 19.8 Å².